The van der Waals surface area contributed by atoms with Gasteiger partial charge in [-0.15, -0.1) is 0 Å². The number of carbonyl (C=O) groups is 2. The summed E-state index contributed by atoms with van der Waals surface area (Å²) in [5.41, 5.74) is 1.38. The minimum absolute atomic E-state index is 0.0958. The fourth-order valence-electron chi connectivity index (χ4n) is 4.19. The topological polar surface area (TPSA) is 83.4 Å². The predicted molar refractivity (Wildman–Crippen MR) is 94.2 cm³/mol. The first-order valence-corrected chi connectivity index (χ1v) is 8.86. The van der Waals surface area contributed by atoms with Crippen LogP contribution in [0.2, 0.25) is 0 Å². The van der Waals surface area contributed by atoms with Crippen molar-refractivity contribution in [3.63, 3.8) is 0 Å². The van der Waals surface area contributed by atoms with Crippen molar-refractivity contribution in [2.75, 3.05) is 0 Å². The molecule has 0 radical (unpaired) electrons. The second kappa shape index (κ2) is 5.88. The number of fused-ring (bicyclic) bond motifs is 1. The summed E-state index contributed by atoms with van der Waals surface area (Å²) in [7, 11) is 0. The van der Waals surface area contributed by atoms with E-state index >= 15 is 0 Å². The van der Waals surface area contributed by atoms with E-state index in [1.54, 1.807) is 0 Å². The summed E-state index contributed by atoms with van der Waals surface area (Å²) in [5, 5.41) is 9.95. The Balaban J connectivity index is 1.43. The van der Waals surface area contributed by atoms with E-state index in [0.29, 0.717) is 18.9 Å². The normalized spacial score (nSPS) is 27.5. The molecule has 1 spiro atoms. The highest BCUT2D eigenvalue weighted by Gasteiger charge is 2.48. The van der Waals surface area contributed by atoms with E-state index < -0.39 is 5.54 Å². The van der Waals surface area contributed by atoms with Crippen LogP contribution in [0, 0.1) is 6.92 Å². The Bertz CT molecular complexity index is 834. The number of nitrogens with one attached hydrogen (secondary N) is 3. The quantitative estimate of drug-likeness (QED) is 0.750. The fraction of sp³-hybridized carbons (Fsp3) is 0.474. The van der Waals surface area contributed by atoms with Crippen molar-refractivity contribution in [3.05, 3.63) is 35.6 Å². The molecular weight excluding hydrogens is 318 g/mol. The molecule has 6 nitrogen and oxygen atoms in total. The Hall–Kier alpha value is -2.34. The van der Waals surface area contributed by atoms with Crippen LogP contribution in [-0.4, -0.2) is 23.5 Å². The Labute approximate surface area is 146 Å². The third kappa shape index (κ3) is 2.70. The maximum absolute atomic E-state index is 12.0. The Morgan fingerprint density at radius 3 is 2.60 bits per heavy atom. The van der Waals surface area contributed by atoms with Gasteiger partial charge in [-0.1, -0.05) is 18.2 Å². The van der Waals surface area contributed by atoms with E-state index in [2.05, 4.69) is 35.9 Å². The molecule has 1 aromatic carbocycles. The molecule has 3 N–H and O–H groups in total. The van der Waals surface area contributed by atoms with Crippen LogP contribution in [0.4, 0.5) is 4.79 Å². The van der Waals surface area contributed by atoms with Gasteiger partial charge in [-0.3, -0.25) is 10.1 Å². The van der Waals surface area contributed by atoms with Crippen LogP contribution < -0.4 is 16.0 Å². The van der Waals surface area contributed by atoms with Gasteiger partial charge in [0.25, 0.3) is 5.91 Å². The summed E-state index contributed by atoms with van der Waals surface area (Å²) in [6.45, 7) is 4.20. The number of para-hydroxylation sites is 1. The molecule has 2 fully saturated rings. The van der Waals surface area contributed by atoms with Gasteiger partial charge in [0.05, 0.1) is 6.04 Å². The van der Waals surface area contributed by atoms with E-state index in [4.69, 9.17) is 4.42 Å². The number of benzene rings is 1. The van der Waals surface area contributed by atoms with Crippen LogP contribution in [0.5, 0.6) is 0 Å². The summed E-state index contributed by atoms with van der Waals surface area (Å²) < 4.78 is 6.04. The summed E-state index contributed by atoms with van der Waals surface area (Å²) in [5.74, 6) is 0.783. The van der Waals surface area contributed by atoms with Gasteiger partial charge in [0.15, 0.2) is 0 Å². The van der Waals surface area contributed by atoms with Crippen molar-refractivity contribution >= 4 is 22.9 Å². The molecule has 0 bridgehead atoms. The molecule has 1 saturated carbocycles. The van der Waals surface area contributed by atoms with Gasteiger partial charge in [-0.2, -0.15) is 0 Å². The summed E-state index contributed by atoms with van der Waals surface area (Å²) in [6.07, 6.45) is 3.01. The number of furan rings is 1. The molecule has 1 aliphatic heterocycles. The van der Waals surface area contributed by atoms with Crippen molar-refractivity contribution < 1.29 is 14.0 Å². The van der Waals surface area contributed by atoms with Gasteiger partial charge < -0.3 is 15.1 Å². The van der Waals surface area contributed by atoms with Gasteiger partial charge in [-0.05, 0) is 51.2 Å². The number of carbonyl (C=O) groups excluding carboxylic acids is 2. The highest BCUT2D eigenvalue weighted by atomic mass is 16.3. The van der Waals surface area contributed by atoms with Gasteiger partial charge >= 0.3 is 6.03 Å². The lowest BCUT2D eigenvalue weighted by molar-refractivity contribution is -0.125. The molecule has 3 amide bonds. The Kier molecular flexibility index (Phi) is 3.80. The summed E-state index contributed by atoms with van der Waals surface area (Å²) in [6, 6.07) is 8.10. The van der Waals surface area contributed by atoms with Crippen LogP contribution in [0.3, 0.4) is 0 Å². The molecule has 0 unspecified atom stereocenters. The molecule has 1 aromatic heterocycles. The Morgan fingerprint density at radius 1 is 1.24 bits per heavy atom. The van der Waals surface area contributed by atoms with Gasteiger partial charge in [-0.25, -0.2) is 4.79 Å². The van der Waals surface area contributed by atoms with Gasteiger partial charge in [0.1, 0.15) is 16.9 Å². The van der Waals surface area contributed by atoms with E-state index in [9.17, 15) is 9.59 Å². The highest BCUT2D eigenvalue weighted by Crippen LogP contribution is 2.34. The highest BCUT2D eigenvalue weighted by molar-refractivity contribution is 6.07. The molecular formula is C19H23N3O3. The zero-order chi connectivity index (χ0) is 17.6. The molecule has 25 heavy (non-hydrogen) atoms. The molecule has 2 aliphatic rings. The lowest BCUT2D eigenvalue weighted by Crippen LogP contribution is -2.52. The fourth-order valence-corrected chi connectivity index (χ4v) is 4.19. The molecule has 2 heterocycles. The molecule has 4 rings (SSSR count). The number of amides is 3. The molecule has 132 valence electrons. The first-order chi connectivity index (χ1) is 12.0. The van der Waals surface area contributed by atoms with Crippen LogP contribution in [0.25, 0.3) is 11.0 Å². The lowest BCUT2D eigenvalue weighted by Gasteiger charge is -2.36. The largest absolute Gasteiger partial charge is 0.459 e. The van der Waals surface area contributed by atoms with Crippen LogP contribution >= 0.6 is 0 Å². The van der Waals surface area contributed by atoms with Crippen molar-refractivity contribution in [2.24, 2.45) is 0 Å². The van der Waals surface area contributed by atoms with Gasteiger partial charge in [0.2, 0.25) is 0 Å². The molecule has 6 heteroatoms. The number of hydrogen-bond donors (Lipinski definition) is 3. The van der Waals surface area contributed by atoms with E-state index in [0.717, 1.165) is 29.6 Å². The first-order valence-electron chi connectivity index (χ1n) is 8.86. The maximum atomic E-state index is 12.0. The third-order valence-electron chi connectivity index (χ3n) is 5.61. The average molecular weight is 341 g/mol. The number of imide groups is 1. The van der Waals surface area contributed by atoms with Crippen molar-refractivity contribution in [1.82, 2.24) is 16.0 Å². The van der Waals surface area contributed by atoms with E-state index in [-0.39, 0.29) is 18.0 Å². The van der Waals surface area contributed by atoms with E-state index in [1.165, 1.54) is 5.56 Å². The molecule has 1 saturated heterocycles. The van der Waals surface area contributed by atoms with Crippen LogP contribution in [-0.2, 0) is 4.79 Å². The number of aryl methyl sites for hydroxylation is 1. The molecule has 2 aromatic rings. The van der Waals surface area contributed by atoms with Crippen LogP contribution in [0.1, 0.15) is 50.0 Å². The van der Waals surface area contributed by atoms with Gasteiger partial charge in [0, 0.05) is 11.4 Å². The zero-order valence-electron chi connectivity index (χ0n) is 14.5. The minimum atomic E-state index is -0.701. The van der Waals surface area contributed by atoms with E-state index in [1.807, 2.05) is 18.2 Å². The molecule has 1 atom stereocenters. The average Bonchev–Trinajstić information content (AvgIpc) is 3.07. The van der Waals surface area contributed by atoms with Crippen molar-refractivity contribution in [2.45, 2.75) is 57.2 Å². The maximum Gasteiger partial charge on any atom is 0.322 e. The van der Waals surface area contributed by atoms with Crippen molar-refractivity contribution in [1.29, 1.82) is 0 Å². The van der Waals surface area contributed by atoms with Crippen LogP contribution in [0.15, 0.2) is 28.7 Å². The smallest absolute Gasteiger partial charge is 0.322 e. The standard InChI is InChI=1S/C19H23N3O3/c1-11-14-5-3-4-6-15(14)25-16(11)12(2)20-13-7-9-19(10-8-13)17(23)21-18(24)22-19/h3-6,12-13,20H,7-10H2,1-2H3,(H2,21,22,23,24)/t12-,13?,19?/m0/s1. The predicted octanol–water partition coefficient (Wildman–Crippen LogP) is 2.91. The number of rotatable bonds is 3. The second-order valence-corrected chi connectivity index (χ2v) is 7.24. The van der Waals surface area contributed by atoms with Crippen molar-refractivity contribution in [3.8, 4) is 0 Å². The second-order valence-electron chi connectivity index (χ2n) is 7.24. The SMILES string of the molecule is Cc1c([C@H](C)NC2CCC3(CC2)NC(=O)NC3=O)oc2ccccc12. The lowest BCUT2D eigenvalue weighted by atomic mass is 9.79. The summed E-state index contributed by atoms with van der Waals surface area (Å²) >= 11 is 0. The minimum Gasteiger partial charge on any atom is -0.459 e. The zero-order valence-corrected chi connectivity index (χ0v) is 14.5. The third-order valence-corrected chi connectivity index (χ3v) is 5.61. The first kappa shape index (κ1) is 16.1. The monoisotopic (exact) mass is 341 g/mol. The number of urea groups is 1. The number of hydrogen-bond acceptors (Lipinski definition) is 4. The Morgan fingerprint density at radius 2 is 1.96 bits per heavy atom. The summed E-state index contributed by atoms with van der Waals surface area (Å²) in [4.78, 5) is 23.4. The molecule has 1 aliphatic carbocycles.